The van der Waals surface area contributed by atoms with E-state index >= 15 is 0 Å². The van der Waals surface area contributed by atoms with Gasteiger partial charge >= 0.3 is 0 Å². The van der Waals surface area contributed by atoms with Gasteiger partial charge in [-0.25, -0.2) is 4.39 Å². The number of fused-ring (bicyclic) bond motifs is 1. The van der Waals surface area contributed by atoms with Crippen LogP contribution in [0.3, 0.4) is 0 Å². The molecule has 1 aromatic carbocycles. The molecule has 2 N–H and O–H groups in total. The molecule has 1 aliphatic heterocycles. The first-order valence-corrected chi connectivity index (χ1v) is 5.01. The molecular formula is C11H13FN2O. The highest BCUT2D eigenvalue weighted by atomic mass is 19.1. The van der Waals surface area contributed by atoms with E-state index in [1.54, 1.807) is 11.0 Å². The normalized spacial score (nSPS) is 14.1. The first-order chi connectivity index (χ1) is 7.22. The number of carbonyl (C=O) groups excluding carboxylic acids is 1. The topological polar surface area (TPSA) is 46.3 Å². The molecule has 0 atom stereocenters. The number of nitrogens with two attached hydrogens (primary N) is 1. The molecule has 0 fully saturated rings. The predicted octanol–water partition coefficient (Wildman–Crippen LogP) is 1.06. The third-order valence-electron chi connectivity index (χ3n) is 2.60. The molecule has 0 aliphatic carbocycles. The summed E-state index contributed by atoms with van der Waals surface area (Å²) in [4.78, 5) is 13.3. The highest BCUT2D eigenvalue weighted by molar-refractivity contribution is 5.95. The Hall–Kier alpha value is -1.42. The molecule has 1 amide bonds. The molecule has 4 heteroatoms. The van der Waals surface area contributed by atoms with Crippen LogP contribution in [0.2, 0.25) is 0 Å². The summed E-state index contributed by atoms with van der Waals surface area (Å²) in [5, 5.41) is 0. The van der Waals surface area contributed by atoms with Crippen molar-refractivity contribution in [2.24, 2.45) is 5.73 Å². The number of nitrogens with zero attached hydrogens (tertiary/aromatic N) is 1. The van der Waals surface area contributed by atoms with E-state index in [1.165, 1.54) is 12.1 Å². The van der Waals surface area contributed by atoms with E-state index in [2.05, 4.69) is 0 Å². The predicted molar refractivity (Wildman–Crippen MR) is 56.1 cm³/mol. The summed E-state index contributed by atoms with van der Waals surface area (Å²) in [5.74, 6) is -0.331. The van der Waals surface area contributed by atoms with Crippen LogP contribution in [0.4, 0.5) is 10.1 Å². The summed E-state index contributed by atoms with van der Waals surface area (Å²) < 4.78 is 13.0. The van der Waals surface area contributed by atoms with E-state index in [0.29, 0.717) is 25.2 Å². The maximum Gasteiger partial charge on any atom is 0.228 e. The number of hydrogen-bond acceptors (Lipinski definition) is 2. The number of amides is 1. The average molecular weight is 208 g/mol. The van der Waals surface area contributed by atoms with E-state index in [4.69, 9.17) is 5.73 Å². The molecule has 80 valence electrons. The zero-order valence-electron chi connectivity index (χ0n) is 8.37. The van der Waals surface area contributed by atoms with Gasteiger partial charge in [0.15, 0.2) is 0 Å². The third kappa shape index (κ3) is 1.85. The van der Waals surface area contributed by atoms with Crippen molar-refractivity contribution >= 4 is 11.6 Å². The van der Waals surface area contributed by atoms with Crippen molar-refractivity contribution in [2.45, 2.75) is 12.8 Å². The second-order valence-electron chi connectivity index (χ2n) is 3.61. The first kappa shape index (κ1) is 10.1. The molecular weight excluding hydrogens is 195 g/mol. The quantitative estimate of drug-likeness (QED) is 0.790. The SMILES string of the molecule is NCCC(=O)N1CCc2ccc(F)cc21. The summed E-state index contributed by atoms with van der Waals surface area (Å²) in [6, 6.07) is 4.58. The summed E-state index contributed by atoms with van der Waals surface area (Å²) in [5.41, 5.74) is 7.06. The van der Waals surface area contributed by atoms with E-state index in [0.717, 1.165) is 12.0 Å². The van der Waals surface area contributed by atoms with Crippen molar-refractivity contribution < 1.29 is 9.18 Å². The van der Waals surface area contributed by atoms with Crippen LogP contribution in [0.15, 0.2) is 18.2 Å². The Morgan fingerprint density at radius 2 is 2.33 bits per heavy atom. The lowest BCUT2D eigenvalue weighted by molar-refractivity contribution is -0.118. The molecule has 0 unspecified atom stereocenters. The molecule has 15 heavy (non-hydrogen) atoms. The van der Waals surface area contributed by atoms with Gasteiger partial charge < -0.3 is 10.6 Å². The van der Waals surface area contributed by atoms with Crippen LogP contribution >= 0.6 is 0 Å². The fourth-order valence-electron chi connectivity index (χ4n) is 1.87. The van der Waals surface area contributed by atoms with Crippen LogP contribution in [0, 0.1) is 5.82 Å². The zero-order chi connectivity index (χ0) is 10.8. The molecule has 2 rings (SSSR count). The zero-order valence-corrected chi connectivity index (χ0v) is 8.37. The van der Waals surface area contributed by atoms with Gasteiger partial charge in [0.25, 0.3) is 0 Å². The number of carbonyl (C=O) groups is 1. The van der Waals surface area contributed by atoms with Crippen LogP contribution in [-0.2, 0) is 11.2 Å². The maximum absolute atomic E-state index is 13.0. The van der Waals surface area contributed by atoms with Crippen LogP contribution in [0.25, 0.3) is 0 Å². The number of anilines is 1. The molecule has 3 nitrogen and oxygen atoms in total. The van der Waals surface area contributed by atoms with E-state index in [-0.39, 0.29) is 11.7 Å². The van der Waals surface area contributed by atoms with Crippen molar-refractivity contribution in [3.63, 3.8) is 0 Å². The van der Waals surface area contributed by atoms with Gasteiger partial charge in [-0.3, -0.25) is 4.79 Å². The van der Waals surface area contributed by atoms with Crippen LogP contribution < -0.4 is 10.6 Å². The summed E-state index contributed by atoms with van der Waals surface area (Å²) in [6.07, 6.45) is 1.11. The standard InChI is InChI=1S/C11H13FN2O/c12-9-2-1-8-4-6-14(10(8)7-9)11(15)3-5-13/h1-2,7H,3-6,13H2. The minimum atomic E-state index is -0.304. The van der Waals surface area contributed by atoms with Crippen molar-refractivity contribution in [3.05, 3.63) is 29.6 Å². The van der Waals surface area contributed by atoms with E-state index in [9.17, 15) is 9.18 Å². The van der Waals surface area contributed by atoms with Crippen molar-refractivity contribution in [3.8, 4) is 0 Å². The Kier molecular flexibility index (Phi) is 2.68. The second kappa shape index (κ2) is 3.98. The van der Waals surface area contributed by atoms with Gasteiger partial charge in [0.05, 0.1) is 0 Å². The Morgan fingerprint density at radius 1 is 1.53 bits per heavy atom. The molecule has 1 aliphatic rings. The fourth-order valence-corrected chi connectivity index (χ4v) is 1.87. The molecule has 1 aromatic rings. The average Bonchev–Trinajstić information content (AvgIpc) is 2.60. The van der Waals surface area contributed by atoms with Crippen LogP contribution in [0.1, 0.15) is 12.0 Å². The summed E-state index contributed by atoms with van der Waals surface area (Å²) in [6.45, 7) is 0.970. The smallest absolute Gasteiger partial charge is 0.228 e. The Morgan fingerprint density at radius 3 is 3.07 bits per heavy atom. The molecule has 0 saturated heterocycles. The molecule has 0 bridgehead atoms. The summed E-state index contributed by atoms with van der Waals surface area (Å²) in [7, 11) is 0. The van der Waals surface area contributed by atoms with Gasteiger partial charge in [-0.1, -0.05) is 6.07 Å². The van der Waals surface area contributed by atoms with Gasteiger partial charge in [-0.05, 0) is 24.1 Å². The Balaban J connectivity index is 2.27. The second-order valence-corrected chi connectivity index (χ2v) is 3.61. The van der Waals surface area contributed by atoms with Crippen molar-refractivity contribution in [1.82, 2.24) is 0 Å². The lowest BCUT2D eigenvalue weighted by Crippen LogP contribution is -2.30. The largest absolute Gasteiger partial charge is 0.330 e. The summed E-state index contributed by atoms with van der Waals surface area (Å²) >= 11 is 0. The fraction of sp³-hybridized carbons (Fsp3) is 0.364. The van der Waals surface area contributed by atoms with Crippen LogP contribution in [-0.4, -0.2) is 19.0 Å². The minimum Gasteiger partial charge on any atom is -0.330 e. The highest BCUT2D eigenvalue weighted by Crippen LogP contribution is 2.28. The van der Waals surface area contributed by atoms with E-state index < -0.39 is 0 Å². The lowest BCUT2D eigenvalue weighted by Gasteiger charge is -2.16. The van der Waals surface area contributed by atoms with Gasteiger partial charge in [-0.2, -0.15) is 0 Å². The van der Waals surface area contributed by atoms with Crippen LogP contribution in [0.5, 0.6) is 0 Å². The maximum atomic E-state index is 13.0. The van der Waals surface area contributed by atoms with Crippen molar-refractivity contribution in [1.29, 1.82) is 0 Å². The van der Waals surface area contributed by atoms with E-state index in [1.807, 2.05) is 0 Å². The van der Waals surface area contributed by atoms with Crippen molar-refractivity contribution in [2.75, 3.05) is 18.0 Å². The van der Waals surface area contributed by atoms with Gasteiger partial charge in [0, 0.05) is 25.2 Å². The third-order valence-corrected chi connectivity index (χ3v) is 2.60. The molecule has 0 radical (unpaired) electrons. The number of halogens is 1. The lowest BCUT2D eigenvalue weighted by atomic mass is 10.2. The highest BCUT2D eigenvalue weighted by Gasteiger charge is 2.24. The Bertz CT molecular complexity index is 392. The molecule has 1 heterocycles. The Labute approximate surface area is 87.7 Å². The van der Waals surface area contributed by atoms with Gasteiger partial charge in [0.1, 0.15) is 5.82 Å². The minimum absolute atomic E-state index is 0.0261. The first-order valence-electron chi connectivity index (χ1n) is 5.01. The molecule has 0 spiro atoms. The molecule has 0 aromatic heterocycles. The van der Waals surface area contributed by atoms with Gasteiger partial charge in [-0.15, -0.1) is 0 Å². The number of benzene rings is 1. The van der Waals surface area contributed by atoms with Gasteiger partial charge in [0.2, 0.25) is 5.91 Å². The molecule has 0 saturated carbocycles. The number of hydrogen-bond donors (Lipinski definition) is 1. The number of rotatable bonds is 2. The monoisotopic (exact) mass is 208 g/mol.